The summed E-state index contributed by atoms with van der Waals surface area (Å²) in [6.07, 6.45) is 3.17. The van der Waals surface area contributed by atoms with Gasteiger partial charge in [0.15, 0.2) is 16.6 Å². The molecule has 0 aromatic rings. The van der Waals surface area contributed by atoms with Crippen LogP contribution >= 0.6 is 0 Å². The molecule has 0 saturated carbocycles. The van der Waals surface area contributed by atoms with Crippen molar-refractivity contribution in [2.75, 3.05) is 19.7 Å². The van der Waals surface area contributed by atoms with Gasteiger partial charge in [-0.25, -0.2) is 9.59 Å². The second-order valence-electron chi connectivity index (χ2n) is 12.9. The second-order valence-corrected chi connectivity index (χ2v) is 21.8. The van der Waals surface area contributed by atoms with Crippen LogP contribution in [0.25, 0.3) is 0 Å². The van der Waals surface area contributed by atoms with Gasteiger partial charge in [0, 0.05) is 25.6 Å². The summed E-state index contributed by atoms with van der Waals surface area (Å²) in [4.78, 5) is 41.0. The number of carbonyl (C=O) groups is 3. The summed E-state index contributed by atoms with van der Waals surface area (Å²) < 4.78 is 30.7. The number of hydrogen-bond donors (Lipinski definition) is 0. The van der Waals surface area contributed by atoms with E-state index in [1.165, 1.54) is 6.92 Å². The lowest BCUT2D eigenvalue weighted by Gasteiger charge is -2.51. The first kappa shape index (κ1) is 33.4. The highest BCUT2D eigenvalue weighted by Gasteiger charge is 2.62. The average molecular weight is 584 g/mol. The van der Waals surface area contributed by atoms with E-state index in [0.717, 1.165) is 12.1 Å². The van der Waals surface area contributed by atoms with Crippen LogP contribution in [-0.4, -0.2) is 88.6 Å². The van der Waals surface area contributed by atoms with Crippen LogP contribution in [0, 0.1) is 0 Å². The lowest BCUT2D eigenvalue weighted by atomic mass is 9.81. The van der Waals surface area contributed by atoms with Gasteiger partial charge in [0.05, 0.1) is 11.6 Å². The third-order valence-corrected chi connectivity index (χ3v) is 9.00. The van der Waals surface area contributed by atoms with Gasteiger partial charge >= 0.3 is 17.9 Å². The van der Waals surface area contributed by atoms with E-state index in [1.807, 2.05) is 45.4 Å². The maximum Gasteiger partial charge on any atom is 0.344 e. The number of nitrogens with zero attached hydrogens (tertiary/aromatic N) is 1. The fourth-order valence-electron chi connectivity index (χ4n) is 5.54. The largest absolute Gasteiger partial charge is 0.459 e. The number of rotatable bonds is 12. The van der Waals surface area contributed by atoms with Crippen LogP contribution in [0.5, 0.6) is 0 Å². The van der Waals surface area contributed by atoms with Crippen molar-refractivity contribution in [3.63, 3.8) is 0 Å². The molecule has 4 atom stereocenters. The first-order valence-electron chi connectivity index (χ1n) is 13.8. The Labute approximate surface area is 236 Å². The van der Waals surface area contributed by atoms with E-state index in [2.05, 4.69) is 4.90 Å². The van der Waals surface area contributed by atoms with E-state index in [-0.39, 0.29) is 24.7 Å². The van der Waals surface area contributed by atoms with E-state index in [0.29, 0.717) is 18.5 Å². The fourth-order valence-corrected chi connectivity index (χ4v) is 8.68. The van der Waals surface area contributed by atoms with E-state index < -0.39 is 45.9 Å². The van der Waals surface area contributed by atoms with Crippen LogP contribution in [-0.2, 0) is 37.4 Å². The minimum Gasteiger partial charge on any atom is -0.459 e. The molecule has 9 nitrogen and oxygen atoms in total. The minimum absolute atomic E-state index is 0.00325. The number of carbonyl (C=O) groups excluding carboxylic acids is 3. The molecule has 0 aliphatic carbocycles. The lowest BCUT2D eigenvalue weighted by Crippen LogP contribution is -2.70. The first-order valence-corrected chi connectivity index (χ1v) is 20.6. The molecule has 0 bridgehead atoms. The predicted molar refractivity (Wildman–Crippen MR) is 155 cm³/mol. The molecule has 2 rings (SSSR count). The summed E-state index contributed by atoms with van der Waals surface area (Å²) in [5.74, 6) is -1.50. The molecule has 2 heterocycles. The monoisotopic (exact) mass is 583 g/mol. The standard InChI is InChI=1S/C28H49NO8Si2/c1-13-19(2)25(31)35-23-15-17-29-16-14-22(24(23)29)18-33-26(32)28(37-39(10,11)12,20(3)34-21(4)30)27(5,6)36-38(7,8)9/h13-14,20,23-24H,15-18H2,1-12H3/b19-13-/t20-,23+,24+,28-/m0/s1. The number of ether oxygens (including phenoxy) is 3. The van der Waals surface area contributed by atoms with Gasteiger partial charge in [0.25, 0.3) is 0 Å². The van der Waals surface area contributed by atoms with Crippen molar-refractivity contribution in [1.82, 2.24) is 4.90 Å². The van der Waals surface area contributed by atoms with Crippen LogP contribution < -0.4 is 0 Å². The number of esters is 3. The molecule has 0 aromatic carbocycles. The Morgan fingerprint density at radius 3 is 2.18 bits per heavy atom. The quantitative estimate of drug-likeness (QED) is 0.107. The third-order valence-electron chi connectivity index (χ3n) is 6.94. The third kappa shape index (κ3) is 8.12. The summed E-state index contributed by atoms with van der Waals surface area (Å²) in [6, 6.07) is -0.157. The Morgan fingerprint density at radius 1 is 1.08 bits per heavy atom. The van der Waals surface area contributed by atoms with Gasteiger partial charge in [-0.05, 0) is 85.9 Å². The molecule has 0 unspecified atom stereocenters. The molecule has 0 N–H and O–H groups in total. The van der Waals surface area contributed by atoms with Crippen molar-refractivity contribution < 1.29 is 37.4 Å². The lowest BCUT2D eigenvalue weighted by molar-refractivity contribution is -0.210. The van der Waals surface area contributed by atoms with Crippen molar-refractivity contribution in [1.29, 1.82) is 0 Å². The maximum absolute atomic E-state index is 14.2. The number of fused-ring (bicyclic) bond motifs is 1. The number of allylic oxidation sites excluding steroid dienone is 1. The zero-order chi connectivity index (χ0) is 30.0. The second kappa shape index (κ2) is 12.4. The molecule has 11 heteroatoms. The van der Waals surface area contributed by atoms with Crippen molar-refractivity contribution in [3.05, 3.63) is 23.3 Å². The first-order chi connectivity index (χ1) is 17.7. The molecule has 39 heavy (non-hydrogen) atoms. The van der Waals surface area contributed by atoms with Gasteiger partial charge in [-0.2, -0.15) is 0 Å². The molecule has 2 aliphatic heterocycles. The van der Waals surface area contributed by atoms with Crippen molar-refractivity contribution in [2.24, 2.45) is 0 Å². The Bertz CT molecular complexity index is 995. The van der Waals surface area contributed by atoms with Gasteiger partial charge in [0.1, 0.15) is 18.8 Å². The molecule has 0 amide bonds. The Hall–Kier alpha value is -1.80. The van der Waals surface area contributed by atoms with E-state index >= 15 is 0 Å². The summed E-state index contributed by atoms with van der Waals surface area (Å²) >= 11 is 0. The maximum atomic E-state index is 14.2. The van der Waals surface area contributed by atoms with Crippen molar-refractivity contribution >= 4 is 34.5 Å². The smallest absolute Gasteiger partial charge is 0.344 e. The van der Waals surface area contributed by atoms with Gasteiger partial charge in [-0.15, -0.1) is 0 Å². The normalized spacial score (nSPS) is 23.0. The zero-order valence-corrected chi connectivity index (χ0v) is 27.9. The SMILES string of the molecule is C/C=C(/C)C(=O)O[C@@H]1CCN2CC=C(COC(=O)[C@@](O[Si](C)(C)C)([C@H](C)OC(C)=O)C(C)(C)O[Si](C)(C)C)[C@H]12. The van der Waals surface area contributed by atoms with Gasteiger partial charge in [-0.1, -0.05) is 12.2 Å². The number of hydrogen-bond acceptors (Lipinski definition) is 9. The molecule has 0 aromatic heterocycles. The summed E-state index contributed by atoms with van der Waals surface area (Å²) in [5.41, 5.74) is -1.44. The average Bonchev–Trinajstić information content (AvgIpc) is 3.35. The molecular weight excluding hydrogens is 534 g/mol. The van der Waals surface area contributed by atoms with Crippen molar-refractivity contribution in [3.8, 4) is 0 Å². The van der Waals surface area contributed by atoms with Crippen LogP contribution in [0.15, 0.2) is 23.3 Å². The Balaban J connectivity index is 2.40. The highest BCUT2D eigenvalue weighted by Crippen LogP contribution is 2.41. The van der Waals surface area contributed by atoms with Crippen molar-refractivity contribution in [2.45, 2.75) is 117 Å². The Kier molecular flexibility index (Phi) is 10.6. The summed E-state index contributed by atoms with van der Waals surface area (Å²) in [5, 5.41) is 0. The van der Waals surface area contributed by atoms with Gasteiger partial charge < -0.3 is 23.1 Å². The summed E-state index contributed by atoms with van der Waals surface area (Å²) in [6.45, 7) is 23.6. The topological polar surface area (TPSA) is 101 Å². The molecular formula is C28H49NO8Si2. The molecule has 0 spiro atoms. The molecule has 222 valence electrons. The Morgan fingerprint density at radius 2 is 1.67 bits per heavy atom. The van der Waals surface area contributed by atoms with Gasteiger partial charge in [0.2, 0.25) is 5.60 Å². The fraction of sp³-hybridized carbons (Fsp3) is 0.750. The van der Waals surface area contributed by atoms with Crippen LogP contribution in [0.3, 0.4) is 0 Å². The molecule has 1 saturated heterocycles. The van der Waals surface area contributed by atoms with Gasteiger partial charge in [-0.3, -0.25) is 9.69 Å². The van der Waals surface area contributed by atoms with E-state index in [1.54, 1.807) is 40.7 Å². The molecule has 1 fully saturated rings. The van der Waals surface area contributed by atoms with E-state index in [4.69, 9.17) is 23.1 Å². The predicted octanol–water partition coefficient (Wildman–Crippen LogP) is 4.59. The summed E-state index contributed by atoms with van der Waals surface area (Å²) in [7, 11) is -4.62. The van der Waals surface area contributed by atoms with Crippen LogP contribution in [0.4, 0.5) is 0 Å². The highest BCUT2D eigenvalue weighted by molar-refractivity contribution is 6.70. The zero-order valence-electron chi connectivity index (χ0n) is 25.9. The molecule has 2 aliphatic rings. The van der Waals surface area contributed by atoms with E-state index in [9.17, 15) is 14.4 Å². The highest BCUT2D eigenvalue weighted by atomic mass is 28.4. The van der Waals surface area contributed by atoms with Crippen LogP contribution in [0.2, 0.25) is 39.3 Å². The minimum atomic E-state index is -2.42. The van der Waals surface area contributed by atoms with Crippen LogP contribution in [0.1, 0.15) is 48.0 Å². The molecule has 0 radical (unpaired) electrons.